The molecule has 0 saturated heterocycles. The third-order valence-corrected chi connectivity index (χ3v) is 2.99. The van der Waals surface area contributed by atoms with Gasteiger partial charge in [-0.05, 0) is 18.2 Å². The van der Waals surface area contributed by atoms with Crippen molar-refractivity contribution in [1.29, 1.82) is 0 Å². The monoisotopic (exact) mass is 257 g/mol. The van der Waals surface area contributed by atoms with E-state index in [4.69, 9.17) is 21.1 Å². The van der Waals surface area contributed by atoms with Crippen molar-refractivity contribution < 1.29 is 9.47 Å². The Bertz CT molecular complexity index is 366. The molecular formula is C13H20ClNO2. The number of hydrogen-bond acceptors (Lipinski definition) is 3. The molecule has 0 unspecified atom stereocenters. The van der Waals surface area contributed by atoms with E-state index in [1.165, 1.54) is 0 Å². The Kier molecular flexibility index (Phi) is 5.09. The lowest BCUT2D eigenvalue weighted by atomic mass is 9.84. The molecule has 0 bridgehead atoms. The maximum Gasteiger partial charge on any atom is 0.122 e. The van der Waals surface area contributed by atoms with Gasteiger partial charge in [0.1, 0.15) is 11.5 Å². The van der Waals surface area contributed by atoms with Gasteiger partial charge in [-0.2, -0.15) is 0 Å². The molecule has 0 aliphatic heterocycles. The second-order valence-corrected chi connectivity index (χ2v) is 4.78. The molecule has 1 N–H and O–H groups in total. The van der Waals surface area contributed by atoms with E-state index in [1.807, 2.05) is 18.2 Å². The summed E-state index contributed by atoms with van der Waals surface area (Å²) in [6.45, 7) is 5.06. The summed E-state index contributed by atoms with van der Waals surface area (Å²) in [5, 5.41) is 3.14. The van der Waals surface area contributed by atoms with Gasteiger partial charge >= 0.3 is 0 Å². The van der Waals surface area contributed by atoms with Crippen LogP contribution >= 0.6 is 11.6 Å². The Balaban J connectivity index is 3.07. The van der Waals surface area contributed by atoms with Crippen molar-refractivity contribution in [1.82, 2.24) is 5.32 Å². The first-order valence-electron chi connectivity index (χ1n) is 5.54. The number of nitrogens with one attached hydrogen (secondary N) is 1. The molecule has 3 nitrogen and oxygen atoms in total. The minimum atomic E-state index is -0.0746. The number of benzene rings is 1. The van der Waals surface area contributed by atoms with Gasteiger partial charge in [0.25, 0.3) is 0 Å². The largest absolute Gasteiger partial charge is 0.497 e. The van der Waals surface area contributed by atoms with Gasteiger partial charge in [-0.3, -0.25) is 0 Å². The van der Waals surface area contributed by atoms with Gasteiger partial charge < -0.3 is 14.8 Å². The Hall–Kier alpha value is -0.930. The zero-order chi connectivity index (χ0) is 12.9. The van der Waals surface area contributed by atoms with Crippen molar-refractivity contribution in [3.8, 4) is 11.5 Å². The van der Waals surface area contributed by atoms with Crippen LogP contribution in [-0.2, 0) is 5.41 Å². The Morgan fingerprint density at radius 1 is 1.24 bits per heavy atom. The van der Waals surface area contributed by atoms with Gasteiger partial charge in [0, 0.05) is 17.5 Å². The molecular weight excluding hydrogens is 238 g/mol. The molecule has 0 spiro atoms. The highest BCUT2D eigenvalue weighted by atomic mass is 35.5. The minimum Gasteiger partial charge on any atom is -0.497 e. The zero-order valence-corrected chi connectivity index (χ0v) is 11.6. The number of rotatable bonds is 6. The van der Waals surface area contributed by atoms with Gasteiger partial charge in [-0.15, -0.1) is 11.6 Å². The van der Waals surface area contributed by atoms with Crippen molar-refractivity contribution >= 4 is 11.6 Å². The summed E-state index contributed by atoms with van der Waals surface area (Å²) in [4.78, 5) is 0. The summed E-state index contributed by atoms with van der Waals surface area (Å²) in [7, 11) is 3.34. The summed E-state index contributed by atoms with van der Waals surface area (Å²) < 4.78 is 10.6. The maximum atomic E-state index is 5.66. The molecule has 0 heterocycles. The van der Waals surface area contributed by atoms with Gasteiger partial charge in [0.05, 0.1) is 20.2 Å². The summed E-state index contributed by atoms with van der Waals surface area (Å²) in [6, 6.07) is 6.27. The van der Waals surface area contributed by atoms with E-state index in [9.17, 15) is 0 Å². The number of hydrogen-bond donors (Lipinski definition) is 1. The van der Waals surface area contributed by atoms with Crippen LogP contribution in [0.15, 0.2) is 18.2 Å². The van der Waals surface area contributed by atoms with Crippen molar-refractivity contribution in [2.75, 3.05) is 26.8 Å². The molecule has 0 aliphatic carbocycles. The highest BCUT2D eigenvalue weighted by molar-refractivity contribution is 6.17. The Morgan fingerprint density at radius 3 is 2.47 bits per heavy atom. The molecule has 0 aliphatic rings. The molecule has 96 valence electrons. The summed E-state index contributed by atoms with van der Waals surface area (Å²) in [5.74, 6) is 1.70. The fourth-order valence-electron chi connectivity index (χ4n) is 1.80. The lowest BCUT2D eigenvalue weighted by Crippen LogP contribution is -2.32. The first-order valence-corrected chi connectivity index (χ1v) is 6.08. The first-order chi connectivity index (χ1) is 8.05. The predicted molar refractivity (Wildman–Crippen MR) is 71.3 cm³/mol. The zero-order valence-electron chi connectivity index (χ0n) is 10.8. The smallest absolute Gasteiger partial charge is 0.122 e. The van der Waals surface area contributed by atoms with Crippen LogP contribution in [0.4, 0.5) is 0 Å². The molecule has 0 atom stereocenters. The number of halogens is 1. The fourth-order valence-corrected chi connectivity index (χ4v) is 1.89. The van der Waals surface area contributed by atoms with Crippen LogP contribution < -0.4 is 14.8 Å². The molecule has 0 fully saturated rings. The number of methoxy groups -OCH3 is 2. The summed E-state index contributed by atoms with van der Waals surface area (Å²) in [6.07, 6.45) is 0. The van der Waals surface area contributed by atoms with Gasteiger partial charge in [0.15, 0.2) is 0 Å². The molecule has 1 aromatic carbocycles. The molecule has 4 heteroatoms. The summed E-state index contributed by atoms with van der Waals surface area (Å²) in [5.41, 5.74) is 1.03. The van der Waals surface area contributed by atoms with Gasteiger partial charge in [0.2, 0.25) is 0 Å². The van der Waals surface area contributed by atoms with Crippen LogP contribution in [0.25, 0.3) is 0 Å². The normalized spacial score (nSPS) is 11.4. The van der Waals surface area contributed by atoms with Crippen LogP contribution in [0.2, 0.25) is 0 Å². The van der Waals surface area contributed by atoms with Gasteiger partial charge in [-0.25, -0.2) is 0 Å². The second-order valence-electron chi connectivity index (χ2n) is 4.51. The molecule has 0 radical (unpaired) electrons. The predicted octanol–water partition coefficient (Wildman–Crippen LogP) is 2.77. The average Bonchev–Trinajstić information content (AvgIpc) is 2.35. The lowest BCUT2D eigenvalue weighted by molar-refractivity contribution is 0.380. The Labute approximate surface area is 108 Å². The number of ether oxygens (including phenoxy) is 2. The van der Waals surface area contributed by atoms with E-state index >= 15 is 0 Å². The van der Waals surface area contributed by atoms with E-state index < -0.39 is 0 Å². The molecule has 0 amide bonds. The van der Waals surface area contributed by atoms with Crippen molar-refractivity contribution in [3.05, 3.63) is 23.8 Å². The topological polar surface area (TPSA) is 30.5 Å². The lowest BCUT2D eigenvalue weighted by Gasteiger charge is -2.27. The van der Waals surface area contributed by atoms with E-state index in [0.717, 1.165) is 23.6 Å². The fraction of sp³-hybridized carbons (Fsp3) is 0.538. The Morgan fingerprint density at radius 2 is 1.94 bits per heavy atom. The standard InChI is InChI=1S/C13H20ClNO2/c1-13(2,8-15-9-14)11-7-10(16-3)5-6-12(11)17-4/h5-7,15H,8-9H2,1-4H3. The third-order valence-electron chi connectivity index (χ3n) is 2.80. The number of alkyl halides is 1. The van der Waals surface area contributed by atoms with Crippen LogP contribution in [0.5, 0.6) is 11.5 Å². The highest BCUT2D eigenvalue weighted by Gasteiger charge is 2.24. The maximum absolute atomic E-state index is 5.66. The quantitative estimate of drug-likeness (QED) is 0.628. The minimum absolute atomic E-state index is 0.0746. The van der Waals surface area contributed by atoms with E-state index in [1.54, 1.807) is 14.2 Å². The summed E-state index contributed by atoms with van der Waals surface area (Å²) >= 11 is 5.66. The van der Waals surface area contributed by atoms with Crippen molar-refractivity contribution in [2.45, 2.75) is 19.3 Å². The SMILES string of the molecule is COc1ccc(OC)c(C(C)(C)CNCCl)c1. The third kappa shape index (κ3) is 3.51. The molecule has 17 heavy (non-hydrogen) atoms. The van der Waals surface area contributed by atoms with Gasteiger partial charge in [-0.1, -0.05) is 13.8 Å². The van der Waals surface area contributed by atoms with Crippen LogP contribution in [-0.4, -0.2) is 26.8 Å². The molecule has 0 saturated carbocycles. The molecule has 1 rings (SSSR count). The van der Waals surface area contributed by atoms with Crippen LogP contribution in [0.1, 0.15) is 19.4 Å². The van der Waals surface area contributed by atoms with E-state index in [-0.39, 0.29) is 5.41 Å². The molecule has 1 aromatic rings. The first kappa shape index (κ1) is 14.1. The average molecular weight is 258 g/mol. The molecule has 0 aromatic heterocycles. The van der Waals surface area contributed by atoms with E-state index in [0.29, 0.717) is 6.00 Å². The highest BCUT2D eigenvalue weighted by Crippen LogP contribution is 2.34. The van der Waals surface area contributed by atoms with Crippen LogP contribution in [0, 0.1) is 0 Å². The second kappa shape index (κ2) is 6.12. The van der Waals surface area contributed by atoms with Crippen molar-refractivity contribution in [2.24, 2.45) is 0 Å². The van der Waals surface area contributed by atoms with E-state index in [2.05, 4.69) is 19.2 Å². The van der Waals surface area contributed by atoms with Crippen molar-refractivity contribution in [3.63, 3.8) is 0 Å². The van der Waals surface area contributed by atoms with Crippen LogP contribution in [0.3, 0.4) is 0 Å².